The Kier molecular flexibility index (Phi) is 6.25. The van der Waals surface area contributed by atoms with Gasteiger partial charge in [0.05, 0.1) is 0 Å². The highest BCUT2D eigenvalue weighted by Crippen LogP contribution is 2.25. The molecule has 0 saturated heterocycles. The quantitative estimate of drug-likeness (QED) is 0.761. The van der Waals surface area contributed by atoms with Crippen molar-refractivity contribution in [3.8, 4) is 0 Å². The third-order valence-electron chi connectivity index (χ3n) is 2.20. The highest BCUT2D eigenvalue weighted by Gasteiger charge is 2.03. The Hall–Kier alpha value is -0.180. The number of nitrogens with one attached hydrogen (secondary N) is 1. The van der Waals surface area contributed by atoms with Gasteiger partial charge in [-0.2, -0.15) is 0 Å². The monoisotopic (exact) mass is 257 g/mol. The second-order valence-corrected chi connectivity index (χ2v) is 5.71. The summed E-state index contributed by atoms with van der Waals surface area (Å²) in [6.45, 7) is 7.31. The summed E-state index contributed by atoms with van der Waals surface area (Å²) in [7, 11) is 0. The second kappa shape index (κ2) is 7.21. The summed E-state index contributed by atoms with van der Waals surface area (Å²) < 4.78 is 0. The number of halogens is 1. The highest BCUT2D eigenvalue weighted by atomic mass is 35.5. The summed E-state index contributed by atoms with van der Waals surface area (Å²) in [6.07, 6.45) is 1.19. The molecule has 0 aromatic heterocycles. The van der Waals surface area contributed by atoms with Crippen LogP contribution in [0.3, 0.4) is 0 Å². The predicted molar refractivity (Wildman–Crippen MR) is 74.4 cm³/mol. The molecular formula is C13H20ClNS. The lowest BCUT2D eigenvalue weighted by Gasteiger charge is -2.10. The zero-order valence-corrected chi connectivity index (χ0v) is 11.8. The third kappa shape index (κ3) is 4.77. The lowest BCUT2D eigenvalue weighted by molar-refractivity contribution is 0.589. The Morgan fingerprint density at radius 3 is 2.69 bits per heavy atom. The van der Waals surface area contributed by atoms with Gasteiger partial charge in [0.1, 0.15) is 0 Å². The van der Waals surface area contributed by atoms with E-state index in [9.17, 15) is 0 Å². The normalized spacial score (nSPS) is 11.1. The summed E-state index contributed by atoms with van der Waals surface area (Å²) in [5.41, 5.74) is 1.18. The first kappa shape index (κ1) is 13.9. The fourth-order valence-electron chi connectivity index (χ4n) is 1.30. The van der Waals surface area contributed by atoms with Crippen LogP contribution in [0.4, 0.5) is 0 Å². The molecule has 0 spiro atoms. The molecule has 1 aromatic carbocycles. The molecule has 0 saturated carbocycles. The van der Waals surface area contributed by atoms with E-state index in [1.54, 1.807) is 0 Å². The van der Waals surface area contributed by atoms with Crippen LogP contribution < -0.4 is 5.32 Å². The van der Waals surface area contributed by atoms with Crippen LogP contribution in [0.25, 0.3) is 0 Å². The van der Waals surface area contributed by atoms with E-state index in [0.29, 0.717) is 6.04 Å². The molecular weight excluding hydrogens is 238 g/mol. The van der Waals surface area contributed by atoms with Crippen LogP contribution in [0, 0.1) is 0 Å². The maximum absolute atomic E-state index is 6.24. The zero-order chi connectivity index (χ0) is 12.0. The largest absolute Gasteiger partial charge is 0.310 e. The van der Waals surface area contributed by atoms with E-state index in [4.69, 9.17) is 11.6 Å². The van der Waals surface area contributed by atoms with Gasteiger partial charge in [-0.3, -0.25) is 0 Å². The van der Waals surface area contributed by atoms with Gasteiger partial charge in [0.15, 0.2) is 0 Å². The summed E-state index contributed by atoms with van der Waals surface area (Å²) >= 11 is 8.10. The van der Waals surface area contributed by atoms with Crippen molar-refractivity contribution in [1.82, 2.24) is 5.32 Å². The van der Waals surface area contributed by atoms with Gasteiger partial charge >= 0.3 is 0 Å². The average Bonchev–Trinajstić information content (AvgIpc) is 2.24. The molecule has 0 aliphatic rings. The van der Waals surface area contributed by atoms with Crippen molar-refractivity contribution in [3.05, 3.63) is 28.8 Å². The summed E-state index contributed by atoms with van der Waals surface area (Å²) in [5.74, 6) is 1.15. The van der Waals surface area contributed by atoms with Gasteiger partial charge in [0.2, 0.25) is 0 Å². The molecule has 1 N–H and O–H groups in total. The fourth-order valence-corrected chi connectivity index (χ4v) is 2.41. The molecule has 90 valence electrons. The van der Waals surface area contributed by atoms with E-state index >= 15 is 0 Å². The van der Waals surface area contributed by atoms with Crippen LogP contribution in [-0.2, 0) is 6.54 Å². The van der Waals surface area contributed by atoms with E-state index in [2.05, 4.69) is 44.3 Å². The first-order valence-electron chi connectivity index (χ1n) is 5.78. The van der Waals surface area contributed by atoms with Gasteiger partial charge in [0, 0.05) is 22.5 Å². The summed E-state index contributed by atoms with van der Waals surface area (Å²) in [4.78, 5) is 1.26. The molecule has 0 bridgehead atoms. The number of hydrogen-bond donors (Lipinski definition) is 1. The maximum Gasteiger partial charge on any atom is 0.0462 e. The second-order valence-electron chi connectivity index (χ2n) is 4.14. The smallest absolute Gasteiger partial charge is 0.0462 e. The highest BCUT2D eigenvalue weighted by molar-refractivity contribution is 7.99. The van der Waals surface area contributed by atoms with Gasteiger partial charge in [-0.15, -0.1) is 11.8 Å². The SMILES string of the molecule is CCCSc1ccc(CNC(C)C)c(Cl)c1. The molecule has 1 aromatic rings. The van der Waals surface area contributed by atoms with Crippen molar-refractivity contribution in [2.45, 2.75) is 44.7 Å². The van der Waals surface area contributed by atoms with E-state index in [1.807, 2.05) is 11.8 Å². The van der Waals surface area contributed by atoms with Crippen molar-refractivity contribution in [2.75, 3.05) is 5.75 Å². The molecule has 3 heteroatoms. The summed E-state index contributed by atoms with van der Waals surface area (Å²) in [5, 5.41) is 4.24. The minimum Gasteiger partial charge on any atom is -0.310 e. The number of hydrogen-bond acceptors (Lipinski definition) is 2. The minimum absolute atomic E-state index is 0.491. The molecule has 0 unspecified atom stereocenters. The van der Waals surface area contributed by atoms with Crippen molar-refractivity contribution < 1.29 is 0 Å². The third-order valence-corrected chi connectivity index (χ3v) is 3.75. The van der Waals surface area contributed by atoms with Gasteiger partial charge in [-0.1, -0.05) is 38.4 Å². The fraction of sp³-hybridized carbons (Fsp3) is 0.538. The van der Waals surface area contributed by atoms with Crippen LogP contribution >= 0.6 is 23.4 Å². The molecule has 0 atom stereocenters. The minimum atomic E-state index is 0.491. The molecule has 1 nitrogen and oxygen atoms in total. The maximum atomic E-state index is 6.24. The van der Waals surface area contributed by atoms with Crippen molar-refractivity contribution in [1.29, 1.82) is 0 Å². The van der Waals surface area contributed by atoms with Crippen LogP contribution in [0.15, 0.2) is 23.1 Å². The molecule has 0 aliphatic carbocycles. The summed E-state index contributed by atoms with van der Waals surface area (Å²) in [6, 6.07) is 6.84. The lowest BCUT2D eigenvalue weighted by Crippen LogP contribution is -2.21. The number of benzene rings is 1. The molecule has 0 fully saturated rings. The molecule has 0 aliphatic heterocycles. The molecule has 1 rings (SSSR count). The van der Waals surface area contributed by atoms with Crippen molar-refractivity contribution in [3.63, 3.8) is 0 Å². The van der Waals surface area contributed by atoms with E-state index in [1.165, 1.54) is 16.9 Å². The van der Waals surface area contributed by atoms with Gasteiger partial charge < -0.3 is 5.32 Å². The average molecular weight is 258 g/mol. The standard InChI is InChI=1S/C13H20ClNS/c1-4-7-16-12-6-5-11(13(14)8-12)9-15-10(2)3/h5-6,8,10,15H,4,7,9H2,1-3H3. The van der Waals surface area contributed by atoms with Crippen molar-refractivity contribution >= 4 is 23.4 Å². The van der Waals surface area contributed by atoms with Gasteiger partial charge in [-0.25, -0.2) is 0 Å². The lowest BCUT2D eigenvalue weighted by atomic mass is 10.2. The van der Waals surface area contributed by atoms with Crippen LogP contribution in [0.2, 0.25) is 5.02 Å². The van der Waals surface area contributed by atoms with Crippen LogP contribution in [0.1, 0.15) is 32.8 Å². The molecule has 16 heavy (non-hydrogen) atoms. The van der Waals surface area contributed by atoms with E-state index in [0.717, 1.165) is 17.3 Å². The first-order chi connectivity index (χ1) is 7.63. The molecule has 0 radical (unpaired) electrons. The zero-order valence-electron chi connectivity index (χ0n) is 10.2. The van der Waals surface area contributed by atoms with Gasteiger partial charge in [-0.05, 0) is 29.9 Å². The Balaban J connectivity index is 2.60. The van der Waals surface area contributed by atoms with Crippen molar-refractivity contribution in [2.24, 2.45) is 0 Å². The Bertz CT molecular complexity index is 326. The Morgan fingerprint density at radius 2 is 2.12 bits per heavy atom. The topological polar surface area (TPSA) is 12.0 Å². The molecule has 0 heterocycles. The van der Waals surface area contributed by atoms with E-state index < -0.39 is 0 Å². The Morgan fingerprint density at radius 1 is 1.38 bits per heavy atom. The van der Waals surface area contributed by atoms with E-state index in [-0.39, 0.29) is 0 Å². The van der Waals surface area contributed by atoms with Crippen LogP contribution in [-0.4, -0.2) is 11.8 Å². The predicted octanol–water partition coefficient (Wildman–Crippen LogP) is 4.34. The Labute approximate surface area is 108 Å². The molecule has 0 amide bonds. The number of rotatable bonds is 6. The van der Waals surface area contributed by atoms with Gasteiger partial charge in [0.25, 0.3) is 0 Å². The van der Waals surface area contributed by atoms with Crippen LogP contribution in [0.5, 0.6) is 0 Å². The first-order valence-corrected chi connectivity index (χ1v) is 7.14. The number of thioether (sulfide) groups is 1.